The molecule has 0 aliphatic heterocycles. The molecule has 0 radical (unpaired) electrons. The van der Waals surface area contributed by atoms with Crippen molar-refractivity contribution in [3.8, 4) is 0 Å². The highest BCUT2D eigenvalue weighted by atomic mass is 35.5. The number of anilines is 1. The summed E-state index contributed by atoms with van der Waals surface area (Å²) in [5, 5.41) is 1.05. The molecule has 0 aliphatic rings. The normalized spacial score (nSPS) is 10.4. The second-order valence-corrected chi connectivity index (χ2v) is 4.90. The van der Waals surface area contributed by atoms with E-state index in [4.69, 9.17) is 27.9 Å². The van der Waals surface area contributed by atoms with Crippen molar-refractivity contribution in [1.29, 1.82) is 0 Å². The van der Waals surface area contributed by atoms with Crippen LogP contribution in [0.4, 0.5) is 5.69 Å². The number of hydrogen-bond acceptors (Lipinski definition) is 2. The number of hydrogen-bond donors (Lipinski definition) is 0. The molecule has 5 heteroatoms. The number of carbonyl (C=O) groups is 1. The van der Waals surface area contributed by atoms with Gasteiger partial charge in [-0.15, -0.1) is 0 Å². The standard InChI is InChI=1S/C13H17Cl2NO2/c1-16(13(17)5-3-4-6-18-2)12-8-10(14)7-11(15)9-12/h7-9H,3-6H2,1-2H3. The number of carbonyl (C=O) groups excluding carboxylic acids is 1. The zero-order chi connectivity index (χ0) is 13.5. The fourth-order valence-corrected chi connectivity index (χ4v) is 2.08. The molecule has 0 bridgehead atoms. The van der Waals surface area contributed by atoms with Gasteiger partial charge >= 0.3 is 0 Å². The second kappa shape index (κ2) is 7.62. The minimum atomic E-state index is 0.0458. The number of benzene rings is 1. The molecule has 0 heterocycles. The molecule has 1 aromatic carbocycles. The smallest absolute Gasteiger partial charge is 0.226 e. The molecular formula is C13H17Cl2NO2. The van der Waals surface area contributed by atoms with Gasteiger partial charge in [-0.2, -0.15) is 0 Å². The third-order valence-corrected chi connectivity index (χ3v) is 3.03. The van der Waals surface area contributed by atoms with Crippen LogP contribution in [0.1, 0.15) is 19.3 Å². The van der Waals surface area contributed by atoms with Gasteiger partial charge in [0.25, 0.3) is 0 Å². The Labute approximate surface area is 118 Å². The maximum atomic E-state index is 11.9. The van der Waals surface area contributed by atoms with Gasteiger partial charge in [-0.05, 0) is 31.0 Å². The minimum Gasteiger partial charge on any atom is -0.385 e. The lowest BCUT2D eigenvalue weighted by Gasteiger charge is -2.18. The van der Waals surface area contributed by atoms with Crippen LogP contribution in [0.2, 0.25) is 10.0 Å². The second-order valence-electron chi connectivity index (χ2n) is 4.03. The summed E-state index contributed by atoms with van der Waals surface area (Å²) in [5.41, 5.74) is 0.712. The van der Waals surface area contributed by atoms with Crippen molar-refractivity contribution in [2.24, 2.45) is 0 Å². The summed E-state index contributed by atoms with van der Waals surface area (Å²) in [4.78, 5) is 13.5. The quantitative estimate of drug-likeness (QED) is 0.746. The van der Waals surface area contributed by atoms with Crippen LogP contribution >= 0.6 is 23.2 Å². The molecule has 0 saturated carbocycles. The number of halogens is 2. The average Bonchev–Trinajstić information content (AvgIpc) is 2.32. The number of rotatable bonds is 6. The highest BCUT2D eigenvalue weighted by Crippen LogP contribution is 2.25. The van der Waals surface area contributed by atoms with Gasteiger partial charge in [0, 0.05) is 42.9 Å². The highest BCUT2D eigenvalue weighted by molar-refractivity contribution is 6.35. The zero-order valence-corrected chi connectivity index (χ0v) is 12.1. The van der Waals surface area contributed by atoms with Gasteiger partial charge in [0.2, 0.25) is 5.91 Å². The molecule has 0 fully saturated rings. The van der Waals surface area contributed by atoms with Gasteiger partial charge < -0.3 is 9.64 Å². The van der Waals surface area contributed by atoms with Crippen molar-refractivity contribution in [3.63, 3.8) is 0 Å². The number of methoxy groups -OCH3 is 1. The number of amides is 1. The third kappa shape index (κ3) is 4.84. The van der Waals surface area contributed by atoms with E-state index in [1.54, 1.807) is 37.3 Å². The van der Waals surface area contributed by atoms with Crippen LogP contribution in [0.15, 0.2) is 18.2 Å². The maximum absolute atomic E-state index is 11.9. The minimum absolute atomic E-state index is 0.0458. The Morgan fingerprint density at radius 2 is 1.83 bits per heavy atom. The first kappa shape index (κ1) is 15.3. The van der Waals surface area contributed by atoms with Crippen LogP contribution in [-0.2, 0) is 9.53 Å². The van der Waals surface area contributed by atoms with Gasteiger partial charge in [-0.3, -0.25) is 4.79 Å². The molecule has 0 saturated heterocycles. The molecule has 0 unspecified atom stereocenters. The molecule has 1 aromatic rings. The number of nitrogens with zero attached hydrogens (tertiary/aromatic N) is 1. The van der Waals surface area contributed by atoms with Crippen LogP contribution in [0, 0.1) is 0 Å². The molecule has 0 atom stereocenters. The van der Waals surface area contributed by atoms with E-state index < -0.39 is 0 Å². The van der Waals surface area contributed by atoms with E-state index in [2.05, 4.69) is 0 Å². The van der Waals surface area contributed by atoms with E-state index in [9.17, 15) is 4.79 Å². The Morgan fingerprint density at radius 1 is 1.22 bits per heavy atom. The fourth-order valence-electron chi connectivity index (χ4n) is 1.57. The Balaban J connectivity index is 2.57. The Kier molecular flexibility index (Phi) is 6.47. The summed E-state index contributed by atoms with van der Waals surface area (Å²) in [5.74, 6) is 0.0458. The average molecular weight is 290 g/mol. The summed E-state index contributed by atoms with van der Waals surface area (Å²) in [6.07, 6.45) is 2.18. The van der Waals surface area contributed by atoms with Crippen LogP contribution in [-0.4, -0.2) is 26.7 Å². The largest absolute Gasteiger partial charge is 0.385 e. The Hall–Kier alpha value is -0.770. The zero-order valence-electron chi connectivity index (χ0n) is 10.6. The summed E-state index contributed by atoms with van der Waals surface area (Å²) in [7, 11) is 3.38. The molecule has 0 aliphatic carbocycles. The SMILES string of the molecule is COCCCCC(=O)N(C)c1cc(Cl)cc(Cl)c1. The van der Waals surface area contributed by atoms with Gasteiger partial charge in [0.05, 0.1) is 0 Å². The molecule has 18 heavy (non-hydrogen) atoms. The van der Waals surface area contributed by atoms with E-state index in [-0.39, 0.29) is 5.91 Å². The molecule has 3 nitrogen and oxygen atoms in total. The van der Waals surface area contributed by atoms with Crippen molar-refractivity contribution < 1.29 is 9.53 Å². The van der Waals surface area contributed by atoms with Crippen molar-refractivity contribution in [2.45, 2.75) is 19.3 Å². The van der Waals surface area contributed by atoms with Gasteiger partial charge in [-0.1, -0.05) is 23.2 Å². The first-order valence-electron chi connectivity index (χ1n) is 5.76. The van der Waals surface area contributed by atoms with Gasteiger partial charge in [0.15, 0.2) is 0 Å². The maximum Gasteiger partial charge on any atom is 0.226 e. The summed E-state index contributed by atoms with van der Waals surface area (Å²) >= 11 is 11.8. The molecule has 0 spiro atoms. The lowest BCUT2D eigenvalue weighted by molar-refractivity contribution is -0.118. The van der Waals surface area contributed by atoms with Crippen LogP contribution in [0.25, 0.3) is 0 Å². The number of ether oxygens (including phenoxy) is 1. The predicted molar refractivity (Wildman–Crippen MR) is 75.6 cm³/mol. The van der Waals surface area contributed by atoms with Crippen molar-refractivity contribution in [2.75, 3.05) is 25.7 Å². The Bertz CT molecular complexity index is 390. The summed E-state index contributed by atoms with van der Waals surface area (Å²) < 4.78 is 4.94. The summed E-state index contributed by atoms with van der Waals surface area (Å²) in [6.45, 7) is 0.681. The van der Waals surface area contributed by atoms with Gasteiger partial charge in [-0.25, -0.2) is 0 Å². The first-order valence-corrected chi connectivity index (χ1v) is 6.51. The fraction of sp³-hybridized carbons (Fsp3) is 0.462. The van der Waals surface area contributed by atoms with Crippen molar-refractivity contribution >= 4 is 34.8 Å². The molecule has 100 valence electrons. The molecule has 1 rings (SSSR count). The van der Waals surface area contributed by atoms with Crippen LogP contribution in [0.5, 0.6) is 0 Å². The molecule has 0 aromatic heterocycles. The lowest BCUT2D eigenvalue weighted by atomic mass is 10.2. The molecule has 1 amide bonds. The molecular weight excluding hydrogens is 273 g/mol. The van der Waals surface area contributed by atoms with Gasteiger partial charge in [0.1, 0.15) is 0 Å². The van der Waals surface area contributed by atoms with Crippen LogP contribution in [0.3, 0.4) is 0 Å². The van der Waals surface area contributed by atoms with Crippen LogP contribution < -0.4 is 4.90 Å². The topological polar surface area (TPSA) is 29.5 Å². The van der Waals surface area contributed by atoms with E-state index in [0.717, 1.165) is 12.8 Å². The van der Waals surface area contributed by atoms with E-state index in [1.807, 2.05) is 0 Å². The highest BCUT2D eigenvalue weighted by Gasteiger charge is 2.11. The van der Waals surface area contributed by atoms with E-state index in [1.165, 1.54) is 0 Å². The number of unbranched alkanes of at least 4 members (excludes halogenated alkanes) is 1. The third-order valence-electron chi connectivity index (χ3n) is 2.60. The molecule has 0 N–H and O–H groups in total. The van der Waals surface area contributed by atoms with E-state index in [0.29, 0.717) is 28.8 Å². The Morgan fingerprint density at radius 3 is 2.39 bits per heavy atom. The first-order chi connectivity index (χ1) is 8.54. The monoisotopic (exact) mass is 289 g/mol. The van der Waals surface area contributed by atoms with E-state index >= 15 is 0 Å². The predicted octanol–water partition coefficient (Wildman–Crippen LogP) is 3.77. The lowest BCUT2D eigenvalue weighted by Crippen LogP contribution is -2.25. The van der Waals surface area contributed by atoms with Crippen molar-refractivity contribution in [1.82, 2.24) is 0 Å². The van der Waals surface area contributed by atoms with Crippen molar-refractivity contribution in [3.05, 3.63) is 28.2 Å². The summed E-state index contributed by atoms with van der Waals surface area (Å²) in [6, 6.07) is 5.09.